The molecule has 4 heterocycles. The van der Waals surface area contributed by atoms with Crippen LogP contribution in [0, 0.1) is 6.92 Å². The second-order valence-corrected chi connectivity index (χ2v) is 13.1. The minimum Gasteiger partial charge on any atom is -0.387 e. The number of aromatic amines is 1. The number of nitrogens with one attached hydrogen (secondary N) is 2. The number of H-pyrrole nitrogens is 1. The molecule has 0 aliphatic carbocycles. The third-order valence-corrected chi connectivity index (χ3v) is 7.96. The molecule has 0 radical (unpaired) electrons. The van der Waals surface area contributed by atoms with Crippen molar-refractivity contribution in [2.24, 2.45) is 0 Å². The zero-order chi connectivity index (χ0) is 33.3. The molecule has 0 aromatic carbocycles. The van der Waals surface area contributed by atoms with Gasteiger partial charge in [0.1, 0.15) is 42.4 Å². The van der Waals surface area contributed by atoms with Gasteiger partial charge in [-0.3, -0.25) is 28.2 Å². The molecule has 3 aliphatic rings. The smallest absolute Gasteiger partial charge is 0.387 e. The number of aliphatic hydroxyl groups excluding tert-OH is 4. The van der Waals surface area contributed by atoms with Gasteiger partial charge in [0, 0.05) is 18.0 Å². The number of phosphoric ester groups is 2. The minimum absolute atomic E-state index is 0. The first kappa shape index (κ1) is 39.3. The highest BCUT2D eigenvalue weighted by atomic mass is 127. The van der Waals surface area contributed by atoms with Gasteiger partial charge in [0.25, 0.3) is 11.5 Å². The highest BCUT2D eigenvalue weighted by Gasteiger charge is 2.47. The molecule has 2 saturated heterocycles. The van der Waals surface area contributed by atoms with Crippen molar-refractivity contribution in [1.82, 2.24) is 19.8 Å². The zero-order valence-corrected chi connectivity index (χ0v) is 26.3. The van der Waals surface area contributed by atoms with Gasteiger partial charge in [-0.05, 0) is 29.5 Å². The molecule has 2 fully saturated rings. The molecule has 0 spiro atoms. The lowest BCUT2D eigenvalue weighted by atomic mass is 10.1. The van der Waals surface area contributed by atoms with Crippen molar-refractivity contribution in [2.45, 2.75) is 63.4 Å². The molecule has 4 rings (SSSR count). The van der Waals surface area contributed by atoms with E-state index in [1.54, 1.807) is 22.6 Å². The number of hydrogen-bond donors (Lipinski definition) is 10. The maximum Gasteiger partial charge on any atom is 0.469 e. The summed E-state index contributed by atoms with van der Waals surface area (Å²) in [4.78, 5) is 72.4. The van der Waals surface area contributed by atoms with Gasteiger partial charge in [0.15, 0.2) is 12.5 Å². The van der Waals surface area contributed by atoms with E-state index in [4.69, 9.17) is 29.0 Å². The minimum atomic E-state index is -4.77. The lowest BCUT2D eigenvalue weighted by molar-refractivity contribution is -0.118. The number of ether oxygens (including phenoxy) is 2. The molecule has 256 valence electrons. The van der Waals surface area contributed by atoms with Gasteiger partial charge in [-0.2, -0.15) is 0 Å². The number of aliphatic hydroxyl groups is 4. The zero-order valence-electron chi connectivity index (χ0n) is 22.3. The lowest BCUT2D eigenvalue weighted by Gasteiger charge is -2.33. The van der Waals surface area contributed by atoms with Crippen molar-refractivity contribution < 1.29 is 72.4 Å². The molecule has 0 saturated carbocycles. The molecule has 10 N–H and O–H groups in total. The van der Waals surface area contributed by atoms with Gasteiger partial charge in [0.05, 0.1) is 16.8 Å². The Morgan fingerprint density at radius 2 is 1.38 bits per heavy atom. The van der Waals surface area contributed by atoms with Crippen molar-refractivity contribution in [3.63, 3.8) is 0 Å². The van der Waals surface area contributed by atoms with Gasteiger partial charge in [-0.1, -0.05) is 14.0 Å². The fourth-order valence-corrected chi connectivity index (χ4v) is 5.17. The van der Waals surface area contributed by atoms with Crippen LogP contribution in [0.2, 0.25) is 0 Å². The van der Waals surface area contributed by atoms with Crippen molar-refractivity contribution in [1.29, 1.82) is 0 Å². The van der Waals surface area contributed by atoms with E-state index in [-0.39, 0.29) is 24.7 Å². The second-order valence-electron chi connectivity index (χ2n) is 9.43. The van der Waals surface area contributed by atoms with Gasteiger partial charge in [-0.25, -0.2) is 13.9 Å². The summed E-state index contributed by atoms with van der Waals surface area (Å²) in [5.41, 5.74) is -1.28. The van der Waals surface area contributed by atoms with Gasteiger partial charge in [-0.15, -0.1) is 0 Å². The van der Waals surface area contributed by atoms with Crippen LogP contribution < -0.4 is 16.6 Å². The number of hydrogen-bond acceptors (Lipinski definition) is 14. The Kier molecular flexibility index (Phi) is 13.4. The van der Waals surface area contributed by atoms with E-state index in [2.05, 4.69) is 20.9 Å². The van der Waals surface area contributed by atoms with Crippen molar-refractivity contribution in [3.8, 4) is 0 Å². The van der Waals surface area contributed by atoms with E-state index in [0.29, 0.717) is 3.58 Å². The summed E-state index contributed by atoms with van der Waals surface area (Å²) < 4.78 is 41.6. The first-order valence-electron chi connectivity index (χ1n) is 12.1. The van der Waals surface area contributed by atoms with Gasteiger partial charge < -0.3 is 59.7 Å². The third-order valence-electron chi connectivity index (χ3n) is 6.22. The summed E-state index contributed by atoms with van der Waals surface area (Å²) in [6, 6.07) is 0. The Morgan fingerprint density at radius 3 is 1.87 bits per heavy atom. The molecule has 0 bridgehead atoms. The van der Waals surface area contributed by atoms with Crippen molar-refractivity contribution >= 4 is 44.1 Å². The number of carbonyl (C=O) groups is 1. The molecule has 24 heteroatoms. The highest BCUT2D eigenvalue weighted by Crippen LogP contribution is 2.39. The molecule has 45 heavy (non-hydrogen) atoms. The predicted molar refractivity (Wildman–Crippen MR) is 157 cm³/mol. The third kappa shape index (κ3) is 10.1. The van der Waals surface area contributed by atoms with Crippen LogP contribution in [0.4, 0.5) is 0 Å². The topological polar surface area (TPSA) is 320 Å². The first-order chi connectivity index (χ1) is 20.2. The Hall–Kier alpha value is -1.86. The van der Waals surface area contributed by atoms with Crippen molar-refractivity contribution in [2.75, 3.05) is 13.2 Å². The largest absolute Gasteiger partial charge is 0.469 e. The lowest BCUT2D eigenvalue weighted by Crippen LogP contribution is -2.47. The monoisotopic (exact) mass is 802 g/mol. The Labute approximate surface area is 267 Å². The number of phosphoric acid groups is 2. The summed E-state index contributed by atoms with van der Waals surface area (Å²) in [5.74, 6) is -0.227. The predicted octanol–water partition coefficient (Wildman–Crippen LogP) is -3.07. The number of carbonyl (C=O) groups excluding carboxylic acids is 1. The van der Waals surface area contributed by atoms with E-state index in [9.17, 15) is 43.9 Å². The molecule has 0 unspecified atom stereocenters. The van der Waals surface area contributed by atoms with Crippen LogP contribution in [0.25, 0.3) is 0 Å². The fraction of sp³-hybridized carbons (Fsp3) is 0.571. The molecule has 1 aromatic rings. The number of rotatable bonds is 8. The summed E-state index contributed by atoms with van der Waals surface area (Å²) >= 11 is 1.78. The summed E-state index contributed by atoms with van der Waals surface area (Å²) in [6.07, 6.45) is -8.19. The number of halogens is 1. The number of nitrogens with zero attached hydrogens (tertiary/aromatic N) is 2. The van der Waals surface area contributed by atoms with Crippen LogP contribution in [-0.4, -0.2) is 116 Å². The second kappa shape index (κ2) is 15.4. The Bertz CT molecular complexity index is 1490. The maximum atomic E-state index is 11.7. The average Bonchev–Trinajstić information content (AvgIpc) is 3.35. The van der Waals surface area contributed by atoms with E-state index < -0.39 is 89.2 Å². The van der Waals surface area contributed by atoms with E-state index in [1.165, 1.54) is 18.0 Å². The van der Waals surface area contributed by atoms with Crippen molar-refractivity contribution in [3.05, 3.63) is 54.8 Å². The fourth-order valence-electron chi connectivity index (χ4n) is 4.05. The Balaban J connectivity index is 0.000000307. The summed E-state index contributed by atoms with van der Waals surface area (Å²) in [6.45, 7) is 3.75. The molecule has 3 aliphatic heterocycles. The number of amides is 1. The van der Waals surface area contributed by atoms with Crippen LogP contribution in [0.15, 0.2) is 38.0 Å². The normalized spacial score (nSPS) is 30.3. The molecule has 1 amide bonds. The highest BCUT2D eigenvalue weighted by molar-refractivity contribution is 14.1. The van der Waals surface area contributed by atoms with Gasteiger partial charge in [0.2, 0.25) is 0 Å². The molecular formula is C21H33IN4O17P2. The summed E-state index contributed by atoms with van der Waals surface area (Å²) in [5, 5.41) is 42.1. The van der Waals surface area contributed by atoms with Crippen LogP contribution in [0.1, 0.15) is 19.2 Å². The van der Waals surface area contributed by atoms with E-state index >= 15 is 0 Å². The van der Waals surface area contributed by atoms with Crippen LogP contribution >= 0.6 is 38.2 Å². The maximum absolute atomic E-state index is 11.7. The van der Waals surface area contributed by atoms with Crippen LogP contribution in [-0.2, 0) is 32.4 Å². The average molecular weight is 802 g/mol. The van der Waals surface area contributed by atoms with Gasteiger partial charge >= 0.3 is 21.3 Å². The standard InChI is InChI=1S/C10H14IN2O8P.C10H15N2O9P.CH4/c1-4-12-9(16)5(11)2-13(4)10-8(15)7(14)6(21-10)3-20-22(17,18)19;1-4-2-12(10(16)11-8(4)15)9-7(14)6(13)5(21-9)3-20-22(17,18)19;/h2,6-8,10,14-15H,1,3H2,(H,12,16)(H2,17,18,19);2,5-7,9,13-14H,3H2,1H3,(H,11,15,16)(H2,17,18,19);1H4/t6-,7-,8-,10-;5-,6-,7-,9-;/m11./s1. The molecule has 8 atom stereocenters. The number of aromatic nitrogens is 2. The van der Waals surface area contributed by atoms with Crippen LogP contribution in [0.5, 0.6) is 0 Å². The van der Waals surface area contributed by atoms with E-state index in [1.807, 2.05) is 4.98 Å². The SMILES string of the molecule is C.C=C1NC(=O)C(I)=CN1[C@@H]1O[C@H](COP(=O)(O)O)[C@@H](O)[C@H]1O.Cc1cn([C@@H]2O[C@H](COP(=O)(O)O)[C@@H](O)[C@H]2O)c(=O)[nH]c1=O. The number of aryl methyl sites for hydroxylation is 1. The summed E-state index contributed by atoms with van der Waals surface area (Å²) in [7, 11) is -9.49. The van der Waals surface area contributed by atoms with E-state index in [0.717, 1.165) is 10.8 Å². The molecular weight excluding hydrogens is 769 g/mol. The molecule has 1 aromatic heterocycles. The first-order valence-corrected chi connectivity index (χ1v) is 16.3. The Morgan fingerprint density at radius 1 is 0.911 bits per heavy atom. The quantitative estimate of drug-likeness (QED) is 0.0921. The molecule has 21 nitrogen and oxygen atoms in total. The van der Waals surface area contributed by atoms with Crippen LogP contribution in [0.3, 0.4) is 0 Å².